The Morgan fingerprint density at radius 2 is 1.83 bits per heavy atom. The Morgan fingerprint density at radius 3 is 2.50 bits per heavy atom. The van der Waals surface area contributed by atoms with Crippen molar-refractivity contribution in [1.82, 2.24) is 15.0 Å². The Kier molecular flexibility index (Phi) is 4.50. The van der Waals surface area contributed by atoms with Gasteiger partial charge in [0, 0.05) is 23.7 Å². The summed E-state index contributed by atoms with van der Waals surface area (Å²) in [5.41, 5.74) is 2.88. The van der Waals surface area contributed by atoms with Gasteiger partial charge in [-0.15, -0.1) is 0 Å². The highest BCUT2D eigenvalue weighted by Crippen LogP contribution is 2.20. The van der Waals surface area contributed by atoms with Crippen molar-refractivity contribution < 1.29 is 17.5 Å². The van der Waals surface area contributed by atoms with E-state index < -0.39 is 10.0 Å². The van der Waals surface area contributed by atoms with Crippen molar-refractivity contribution in [2.45, 2.75) is 26.1 Å². The van der Waals surface area contributed by atoms with Crippen molar-refractivity contribution in [2.75, 3.05) is 0 Å². The van der Waals surface area contributed by atoms with E-state index in [9.17, 15) is 8.42 Å². The molecule has 3 aromatic rings. The number of benzene rings is 1. The quantitative estimate of drug-likeness (QED) is 0.736. The third-order valence-electron chi connectivity index (χ3n) is 3.61. The highest BCUT2D eigenvalue weighted by molar-refractivity contribution is 7.88. The van der Waals surface area contributed by atoms with Crippen molar-refractivity contribution >= 4 is 10.0 Å². The number of aryl methyl sites for hydroxylation is 2. The van der Waals surface area contributed by atoms with Crippen LogP contribution >= 0.6 is 0 Å². The van der Waals surface area contributed by atoms with Crippen molar-refractivity contribution in [3.63, 3.8) is 0 Å². The molecule has 0 saturated carbocycles. The molecule has 24 heavy (non-hydrogen) atoms. The van der Waals surface area contributed by atoms with Crippen LogP contribution in [0.1, 0.15) is 22.8 Å². The standard InChI is InChI=1S/C16H17N3O4S/c1-11-15(12(2)22-18-11)9-17-24(20,21)10-14-8-16(19-23-14)13-6-4-3-5-7-13/h3-8,17H,9-10H2,1-2H3. The van der Waals surface area contributed by atoms with Gasteiger partial charge in [-0.1, -0.05) is 40.6 Å². The fraction of sp³-hybridized carbons (Fsp3) is 0.250. The molecule has 1 N–H and O–H groups in total. The molecule has 0 aliphatic heterocycles. The van der Waals surface area contributed by atoms with E-state index in [2.05, 4.69) is 15.0 Å². The minimum absolute atomic E-state index is 0.128. The highest BCUT2D eigenvalue weighted by atomic mass is 32.2. The third kappa shape index (κ3) is 3.72. The SMILES string of the molecule is Cc1noc(C)c1CNS(=O)(=O)Cc1cc(-c2ccccc2)no1. The molecule has 0 unspecified atom stereocenters. The monoisotopic (exact) mass is 347 g/mol. The minimum atomic E-state index is -3.57. The second kappa shape index (κ2) is 6.58. The number of sulfonamides is 1. The zero-order valence-corrected chi connectivity index (χ0v) is 14.1. The number of hydrogen-bond donors (Lipinski definition) is 1. The fourth-order valence-electron chi connectivity index (χ4n) is 2.30. The lowest BCUT2D eigenvalue weighted by Crippen LogP contribution is -2.25. The Balaban J connectivity index is 1.68. The van der Waals surface area contributed by atoms with Gasteiger partial charge in [0.25, 0.3) is 0 Å². The Morgan fingerprint density at radius 1 is 1.08 bits per heavy atom. The van der Waals surface area contributed by atoms with Crippen LogP contribution in [0.4, 0.5) is 0 Å². The van der Waals surface area contributed by atoms with Gasteiger partial charge in [0.1, 0.15) is 17.2 Å². The van der Waals surface area contributed by atoms with Gasteiger partial charge in [-0.05, 0) is 13.8 Å². The Labute approximate surface area is 139 Å². The van der Waals surface area contributed by atoms with Gasteiger partial charge >= 0.3 is 0 Å². The van der Waals surface area contributed by atoms with E-state index >= 15 is 0 Å². The first-order valence-electron chi connectivity index (χ1n) is 7.35. The zero-order valence-electron chi connectivity index (χ0n) is 13.3. The zero-order chi connectivity index (χ0) is 17.2. The van der Waals surface area contributed by atoms with Gasteiger partial charge in [0.15, 0.2) is 5.76 Å². The summed E-state index contributed by atoms with van der Waals surface area (Å²) in [4.78, 5) is 0. The topological polar surface area (TPSA) is 98.2 Å². The molecule has 0 atom stereocenters. The van der Waals surface area contributed by atoms with Gasteiger partial charge < -0.3 is 9.05 Å². The number of nitrogens with one attached hydrogen (secondary N) is 1. The van der Waals surface area contributed by atoms with Gasteiger partial charge in [0.05, 0.1) is 5.69 Å². The van der Waals surface area contributed by atoms with Gasteiger partial charge in [0.2, 0.25) is 10.0 Å². The van der Waals surface area contributed by atoms with Crippen LogP contribution in [0.25, 0.3) is 11.3 Å². The molecule has 0 spiro atoms. The number of nitrogens with zero attached hydrogens (tertiary/aromatic N) is 2. The number of hydrogen-bond acceptors (Lipinski definition) is 6. The highest BCUT2D eigenvalue weighted by Gasteiger charge is 2.18. The summed E-state index contributed by atoms with van der Waals surface area (Å²) in [5, 5.41) is 7.72. The van der Waals surface area contributed by atoms with E-state index in [0.29, 0.717) is 17.1 Å². The summed E-state index contributed by atoms with van der Waals surface area (Å²) in [6.07, 6.45) is 0. The average molecular weight is 347 g/mol. The first kappa shape index (κ1) is 16.4. The molecule has 0 bridgehead atoms. The van der Waals surface area contributed by atoms with Crippen LogP contribution in [0.5, 0.6) is 0 Å². The molecular weight excluding hydrogens is 330 g/mol. The van der Waals surface area contributed by atoms with Crippen LogP contribution in [-0.4, -0.2) is 18.7 Å². The van der Waals surface area contributed by atoms with Gasteiger partial charge in [-0.25, -0.2) is 13.1 Å². The summed E-state index contributed by atoms with van der Waals surface area (Å²) < 4.78 is 37.1. The molecular formula is C16H17N3O4S. The maximum atomic E-state index is 12.2. The smallest absolute Gasteiger partial charge is 0.219 e. The molecule has 0 fully saturated rings. The van der Waals surface area contributed by atoms with E-state index in [1.807, 2.05) is 30.3 Å². The van der Waals surface area contributed by atoms with E-state index in [1.165, 1.54) is 0 Å². The molecule has 1 aromatic carbocycles. The second-order valence-electron chi connectivity index (χ2n) is 5.43. The lowest BCUT2D eigenvalue weighted by molar-refractivity contribution is 0.392. The van der Waals surface area contributed by atoms with E-state index in [-0.39, 0.29) is 18.1 Å². The molecule has 3 rings (SSSR count). The molecule has 2 aromatic heterocycles. The van der Waals surface area contributed by atoms with E-state index in [1.54, 1.807) is 19.9 Å². The van der Waals surface area contributed by atoms with Crippen molar-refractivity contribution in [1.29, 1.82) is 0 Å². The normalized spacial score (nSPS) is 11.8. The molecule has 0 amide bonds. The Hall–Kier alpha value is -2.45. The van der Waals surface area contributed by atoms with E-state index in [4.69, 9.17) is 9.05 Å². The summed E-state index contributed by atoms with van der Waals surface area (Å²) in [6, 6.07) is 11.0. The van der Waals surface area contributed by atoms with Crippen LogP contribution in [0, 0.1) is 13.8 Å². The van der Waals surface area contributed by atoms with Crippen molar-refractivity contribution in [3.05, 3.63) is 59.2 Å². The molecule has 0 aliphatic rings. The fourth-order valence-corrected chi connectivity index (χ4v) is 3.28. The summed E-state index contributed by atoms with van der Waals surface area (Å²) >= 11 is 0. The Bertz CT molecular complexity index is 910. The minimum Gasteiger partial charge on any atom is -0.361 e. The van der Waals surface area contributed by atoms with Crippen LogP contribution in [0.3, 0.4) is 0 Å². The maximum Gasteiger partial charge on any atom is 0.219 e. The van der Waals surface area contributed by atoms with Crippen LogP contribution in [0.15, 0.2) is 45.4 Å². The third-order valence-corrected chi connectivity index (χ3v) is 4.86. The molecule has 126 valence electrons. The van der Waals surface area contributed by atoms with Crippen LogP contribution in [-0.2, 0) is 22.3 Å². The summed E-state index contributed by atoms with van der Waals surface area (Å²) in [7, 11) is -3.57. The van der Waals surface area contributed by atoms with Crippen molar-refractivity contribution in [2.24, 2.45) is 0 Å². The molecule has 0 aliphatic carbocycles. The van der Waals surface area contributed by atoms with Gasteiger partial charge in [-0.2, -0.15) is 0 Å². The maximum absolute atomic E-state index is 12.2. The predicted octanol–water partition coefficient (Wildman–Crippen LogP) is 2.57. The molecule has 0 saturated heterocycles. The summed E-state index contributed by atoms with van der Waals surface area (Å²) in [5.74, 6) is 0.595. The average Bonchev–Trinajstić information content (AvgIpc) is 3.13. The van der Waals surface area contributed by atoms with Gasteiger partial charge in [-0.3, -0.25) is 0 Å². The predicted molar refractivity (Wildman–Crippen MR) is 87.4 cm³/mol. The second-order valence-corrected chi connectivity index (χ2v) is 7.23. The molecule has 7 nitrogen and oxygen atoms in total. The van der Waals surface area contributed by atoms with E-state index in [0.717, 1.165) is 11.1 Å². The number of aromatic nitrogens is 2. The molecule has 0 radical (unpaired) electrons. The summed E-state index contributed by atoms with van der Waals surface area (Å²) in [6.45, 7) is 3.64. The number of rotatable bonds is 6. The largest absolute Gasteiger partial charge is 0.361 e. The molecule has 8 heteroatoms. The first-order valence-corrected chi connectivity index (χ1v) is 9.00. The lowest BCUT2D eigenvalue weighted by Gasteiger charge is -2.04. The molecule has 2 heterocycles. The lowest BCUT2D eigenvalue weighted by atomic mass is 10.1. The van der Waals surface area contributed by atoms with Crippen molar-refractivity contribution in [3.8, 4) is 11.3 Å². The first-order chi connectivity index (χ1) is 11.4. The van der Waals surface area contributed by atoms with Crippen LogP contribution < -0.4 is 4.72 Å². The van der Waals surface area contributed by atoms with Crippen LogP contribution in [0.2, 0.25) is 0 Å².